The van der Waals surface area contributed by atoms with Crippen molar-refractivity contribution in [3.8, 4) is 0 Å². The second-order valence-corrected chi connectivity index (χ2v) is 6.30. The molecule has 6 heteroatoms. The largest absolute Gasteiger partial charge is 0.461 e. The molecule has 1 aromatic heterocycles. The first-order chi connectivity index (χ1) is 11.1. The molecule has 0 aliphatic carbocycles. The number of urea groups is 1. The zero-order valence-corrected chi connectivity index (χ0v) is 13.0. The Kier molecular flexibility index (Phi) is 3.16. The third kappa shape index (κ3) is 2.21. The molecule has 1 aromatic carbocycles. The molecule has 6 nitrogen and oxygen atoms in total. The molecule has 4 rings (SSSR count). The lowest BCUT2D eigenvalue weighted by Crippen LogP contribution is -2.48. The molecule has 3 heterocycles. The number of hydrogen-bond donors (Lipinski definition) is 2. The Morgan fingerprint density at radius 3 is 2.87 bits per heavy atom. The van der Waals surface area contributed by atoms with Crippen LogP contribution in [0.15, 0.2) is 28.7 Å². The van der Waals surface area contributed by atoms with Crippen LogP contribution >= 0.6 is 0 Å². The standard InChI is InChI=1S/C17H19N3O3/c1-2-13-12(11-5-3-4-6-14(11)23-13)9-20-8-7-17(10-20)15(21)18-16(22)19-17/h3-6H,2,7-10H2,1H3,(H2,18,19,21,22). The Morgan fingerprint density at radius 1 is 1.30 bits per heavy atom. The Hall–Kier alpha value is -2.34. The van der Waals surface area contributed by atoms with Crippen LogP contribution in [0.4, 0.5) is 4.79 Å². The van der Waals surface area contributed by atoms with E-state index in [2.05, 4.69) is 28.5 Å². The number of hydrogen-bond acceptors (Lipinski definition) is 4. The lowest BCUT2D eigenvalue weighted by molar-refractivity contribution is -0.123. The SMILES string of the molecule is CCc1oc2ccccc2c1CN1CCC2(C1)NC(=O)NC2=O. The van der Waals surface area contributed by atoms with Crippen LogP contribution in [0.3, 0.4) is 0 Å². The third-order valence-corrected chi connectivity index (χ3v) is 4.85. The molecule has 1 spiro atoms. The molecule has 2 aromatic rings. The van der Waals surface area contributed by atoms with Crippen LogP contribution in [0.1, 0.15) is 24.7 Å². The molecule has 2 saturated heterocycles. The minimum Gasteiger partial charge on any atom is -0.461 e. The summed E-state index contributed by atoms with van der Waals surface area (Å²) in [6.07, 6.45) is 1.47. The molecule has 0 saturated carbocycles. The second kappa shape index (κ2) is 5.09. The van der Waals surface area contributed by atoms with Crippen molar-refractivity contribution >= 4 is 22.9 Å². The number of imide groups is 1. The molecule has 2 fully saturated rings. The average Bonchev–Trinajstić information content (AvgIpc) is 3.18. The van der Waals surface area contributed by atoms with Gasteiger partial charge in [0.25, 0.3) is 5.91 Å². The number of aryl methyl sites for hydroxylation is 1. The van der Waals surface area contributed by atoms with Gasteiger partial charge in [0.05, 0.1) is 0 Å². The Bertz CT molecular complexity index is 797. The molecule has 2 aliphatic rings. The van der Waals surface area contributed by atoms with Gasteiger partial charge in [0, 0.05) is 37.0 Å². The summed E-state index contributed by atoms with van der Waals surface area (Å²) in [6.45, 7) is 4.12. The zero-order valence-electron chi connectivity index (χ0n) is 13.0. The molecule has 0 radical (unpaired) electrons. The van der Waals surface area contributed by atoms with Gasteiger partial charge in [0.2, 0.25) is 0 Å². The molecule has 23 heavy (non-hydrogen) atoms. The van der Waals surface area contributed by atoms with Gasteiger partial charge < -0.3 is 9.73 Å². The predicted molar refractivity (Wildman–Crippen MR) is 84.9 cm³/mol. The number of carbonyl (C=O) groups excluding carboxylic acids is 2. The van der Waals surface area contributed by atoms with E-state index in [0.717, 1.165) is 36.2 Å². The summed E-state index contributed by atoms with van der Waals surface area (Å²) < 4.78 is 5.94. The highest BCUT2D eigenvalue weighted by molar-refractivity contribution is 6.07. The van der Waals surface area contributed by atoms with E-state index < -0.39 is 5.54 Å². The first-order valence-corrected chi connectivity index (χ1v) is 7.96. The molecule has 1 atom stereocenters. The van der Waals surface area contributed by atoms with Crippen LogP contribution in [-0.2, 0) is 17.8 Å². The number of benzene rings is 1. The van der Waals surface area contributed by atoms with Gasteiger partial charge in [-0.25, -0.2) is 4.79 Å². The van der Waals surface area contributed by atoms with Crippen molar-refractivity contribution < 1.29 is 14.0 Å². The molecular weight excluding hydrogens is 294 g/mol. The molecule has 2 aliphatic heterocycles. The van der Waals surface area contributed by atoms with Gasteiger partial charge in [0.1, 0.15) is 16.9 Å². The fraction of sp³-hybridized carbons (Fsp3) is 0.412. The predicted octanol–water partition coefficient (Wildman–Crippen LogP) is 1.78. The maximum absolute atomic E-state index is 12.1. The first-order valence-electron chi connectivity index (χ1n) is 7.96. The van der Waals surface area contributed by atoms with Crippen molar-refractivity contribution in [1.82, 2.24) is 15.5 Å². The maximum atomic E-state index is 12.1. The minimum absolute atomic E-state index is 0.210. The van der Waals surface area contributed by atoms with Crippen LogP contribution < -0.4 is 10.6 Å². The maximum Gasteiger partial charge on any atom is 0.322 e. The van der Waals surface area contributed by atoms with Crippen molar-refractivity contribution in [3.63, 3.8) is 0 Å². The number of furan rings is 1. The Balaban J connectivity index is 1.60. The number of amides is 3. The van der Waals surface area contributed by atoms with Crippen molar-refractivity contribution in [3.05, 3.63) is 35.6 Å². The van der Waals surface area contributed by atoms with Crippen molar-refractivity contribution in [2.75, 3.05) is 13.1 Å². The van der Waals surface area contributed by atoms with Crippen LogP contribution in [-0.4, -0.2) is 35.5 Å². The van der Waals surface area contributed by atoms with Gasteiger partial charge in [-0.1, -0.05) is 25.1 Å². The van der Waals surface area contributed by atoms with Crippen LogP contribution in [0.25, 0.3) is 11.0 Å². The summed E-state index contributed by atoms with van der Waals surface area (Å²) >= 11 is 0. The summed E-state index contributed by atoms with van der Waals surface area (Å²) in [5.74, 6) is 0.782. The fourth-order valence-corrected chi connectivity index (χ4v) is 3.67. The zero-order chi connectivity index (χ0) is 16.0. The van der Waals surface area contributed by atoms with Gasteiger partial charge in [-0.05, 0) is 12.5 Å². The molecule has 120 valence electrons. The monoisotopic (exact) mass is 313 g/mol. The summed E-state index contributed by atoms with van der Waals surface area (Å²) in [6, 6.07) is 7.65. The van der Waals surface area contributed by atoms with E-state index in [0.29, 0.717) is 13.0 Å². The van der Waals surface area contributed by atoms with Crippen LogP contribution in [0, 0.1) is 0 Å². The van der Waals surface area contributed by atoms with Crippen LogP contribution in [0.5, 0.6) is 0 Å². The molecule has 0 bridgehead atoms. The first kappa shape index (κ1) is 14.3. The number of para-hydroxylation sites is 1. The van der Waals surface area contributed by atoms with Gasteiger partial charge >= 0.3 is 6.03 Å². The summed E-state index contributed by atoms with van der Waals surface area (Å²) in [5.41, 5.74) is 1.33. The van der Waals surface area contributed by atoms with Gasteiger partial charge in [-0.15, -0.1) is 0 Å². The number of carbonyl (C=O) groups is 2. The van der Waals surface area contributed by atoms with Crippen LogP contribution in [0.2, 0.25) is 0 Å². The minimum atomic E-state index is -0.761. The third-order valence-electron chi connectivity index (χ3n) is 4.85. The summed E-state index contributed by atoms with van der Waals surface area (Å²) in [4.78, 5) is 25.7. The van der Waals surface area contributed by atoms with Crippen molar-refractivity contribution in [1.29, 1.82) is 0 Å². The second-order valence-electron chi connectivity index (χ2n) is 6.30. The molecule has 2 N–H and O–H groups in total. The Labute approximate surface area is 133 Å². The highest BCUT2D eigenvalue weighted by Crippen LogP contribution is 2.31. The van der Waals surface area contributed by atoms with E-state index in [4.69, 9.17) is 4.42 Å². The summed E-state index contributed by atoms with van der Waals surface area (Å²) in [5, 5.41) is 6.27. The lowest BCUT2D eigenvalue weighted by Gasteiger charge is -2.21. The number of likely N-dealkylation sites (tertiary alicyclic amines) is 1. The smallest absolute Gasteiger partial charge is 0.322 e. The van der Waals surface area contributed by atoms with Gasteiger partial charge in [0.15, 0.2) is 0 Å². The average molecular weight is 313 g/mol. The van der Waals surface area contributed by atoms with Crippen molar-refractivity contribution in [2.45, 2.75) is 31.8 Å². The lowest BCUT2D eigenvalue weighted by atomic mass is 9.99. The van der Waals surface area contributed by atoms with E-state index in [1.54, 1.807) is 0 Å². The van der Waals surface area contributed by atoms with Gasteiger partial charge in [-0.2, -0.15) is 0 Å². The van der Waals surface area contributed by atoms with Crippen molar-refractivity contribution in [2.24, 2.45) is 0 Å². The topological polar surface area (TPSA) is 74.6 Å². The quantitative estimate of drug-likeness (QED) is 0.847. The molecule has 3 amide bonds. The number of nitrogens with one attached hydrogen (secondary N) is 2. The van der Waals surface area contributed by atoms with E-state index in [-0.39, 0.29) is 11.9 Å². The van der Waals surface area contributed by atoms with E-state index >= 15 is 0 Å². The highest BCUT2D eigenvalue weighted by Gasteiger charge is 2.50. The molecular formula is C17H19N3O3. The fourth-order valence-electron chi connectivity index (χ4n) is 3.67. The normalized spacial score (nSPS) is 24.6. The summed E-state index contributed by atoms with van der Waals surface area (Å²) in [7, 11) is 0. The number of nitrogens with zero attached hydrogens (tertiary/aromatic N) is 1. The number of fused-ring (bicyclic) bond motifs is 1. The highest BCUT2D eigenvalue weighted by atomic mass is 16.3. The molecule has 1 unspecified atom stereocenters. The van der Waals surface area contributed by atoms with E-state index in [1.807, 2.05) is 18.2 Å². The Morgan fingerprint density at radius 2 is 2.13 bits per heavy atom. The van der Waals surface area contributed by atoms with Gasteiger partial charge in [-0.3, -0.25) is 15.0 Å². The van der Waals surface area contributed by atoms with E-state index in [9.17, 15) is 9.59 Å². The van der Waals surface area contributed by atoms with E-state index in [1.165, 1.54) is 5.56 Å². The number of rotatable bonds is 3.